The number of hydrogen-bond donors (Lipinski definition) is 1. The topological polar surface area (TPSA) is 50.7 Å². The van der Waals surface area contributed by atoms with Crippen LogP contribution in [0, 0.1) is 6.92 Å². The number of nitrogens with zero attached hydrogens (tertiary/aromatic N) is 1. The van der Waals surface area contributed by atoms with Gasteiger partial charge in [0.15, 0.2) is 6.61 Å². The Morgan fingerprint density at radius 2 is 1.92 bits per heavy atom. The van der Waals surface area contributed by atoms with E-state index in [2.05, 4.69) is 24.4 Å². The van der Waals surface area contributed by atoms with Crippen molar-refractivity contribution in [3.63, 3.8) is 0 Å². The first-order chi connectivity index (χ1) is 11.6. The van der Waals surface area contributed by atoms with Crippen molar-refractivity contribution in [3.8, 4) is 5.75 Å². The van der Waals surface area contributed by atoms with E-state index >= 15 is 0 Å². The summed E-state index contributed by atoms with van der Waals surface area (Å²) in [5.41, 5.74) is 5.82. The molecule has 0 aliphatic carbocycles. The van der Waals surface area contributed by atoms with Gasteiger partial charge in [0.2, 0.25) is 0 Å². The first-order valence-corrected chi connectivity index (χ1v) is 8.20. The molecule has 0 heterocycles. The molecule has 126 valence electrons. The SMILES string of the molecule is CCC(C)c1ccc(OCC(=O)N/N=C/c2ccccc2C)cc1. The number of carbonyl (C=O) groups excluding carboxylic acids is 1. The van der Waals surface area contributed by atoms with E-state index in [9.17, 15) is 4.79 Å². The van der Waals surface area contributed by atoms with Crippen LogP contribution in [-0.4, -0.2) is 18.7 Å². The first-order valence-electron chi connectivity index (χ1n) is 8.20. The van der Waals surface area contributed by atoms with Crippen molar-refractivity contribution in [1.82, 2.24) is 5.43 Å². The zero-order valence-electron chi connectivity index (χ0n) is 14.5. The molecule has 0 bridgehead atoms. The summed E-state index contributed by atoms with van der Waals surface area (Å²) < 4.78 is 5.48. The number of carbonyl (C=O) groups is 1. The second-order valence-electron chi connectivity index (χ2n) is 5.82. The van der Waals surface area contributed by atoms with Crippen molar-refractivity contribution in [2.75, 3.05) is 6.61 Å². The Bertz CT molecular complexity index is 693. The molecule has 0 fully saturated rings. The number of hydrazone groups is 1. The van der Waals surface area contributed by atoms with E-state index in [0.29, 0.717) is 11.7 Å². The van der Waals surface area contributed by atoms with E-state index in [1.807, 2.05) is 55.5 Å². The summed E-state index contributed by atoms with van der Waals surface area (Å²) in [5, 5.41) is 3.96. The van der Waals surface area contributed by atoms with Crippen LogP contribution < -0.4 is 10.2 Å². The van der Waals surface area contributed by atoms with Crippen LogP contribution in [0.3, 0.4) is 0 Å². The number of benzene rings is 2. The van der Waals surface area contributed by atoms with E-state index in [0.717, 1.165) is 17.5 Å². The molecule has 0 aromatic heterocycles. The van der Waals surface area contributed by atoms with Crippen LogP contribution in [0.4, 0.5) is 0 Å². The van der Waals surface area contributed by atoms with Gasteiger partial charge in [-0.25, -0.2) is 5.43 Å². The van der Waals surface area contributed by atoms with Gasteiger partial charge in [-0.2, -0.15) is 5.10 Å². The molecule has 1 N–H and O–H groups in total. The van der Waals surface area contributed by atoms with Crippen molar-refractivity contribution >= 4 is 12.1 Å². The standard InChI is InChI=1S/C20H24N2O2/c1-4-15(2)17-9-11-19(12-10-17)24-14-20(23)22-21-13-18-8-6-5-7-16(18)3/h5-13,15H,4,14H2,1-3H3,(H,22,23)/b21-13+. The number of rotatable bonds is 7. The average molecular weight is 324 g/mol. The van der Waals surface area contributed by atoms with Gasteiger partial charge in [-0.1, -0.05) is 50.2 Å². The number of nitrogens with one attached hydrogen (secondary N) is 1. The van der Waals surface area contributed by atoms with Crippen molar-refractivity contribution in [1.29, 1.82) is 0 Å². The third kappa shape index (κ3) is 5.23. The number of ether oxygens (including phenoxy) is 1. The van der Waals surface area contributed by atoms with E-state index in [-0.39, 0.29) is 12.5 Å². The van der Waals surface area contributed by atoms with Crippen LogP contribution in [0.2, 0.25) is 0 Å². The summed E-state index contributed by atoms with van der Waals surface area (Å²) in [6.45, 7) is 6.29. The molecule has 4 heteroatoms. The van der Waals surface area contributed by atoms with E-state index < -0.39 is 0 Å². The highest BCUT2D eigenvalue weighted by molar-refractivity contribution is 5.84. The molecule has 1 unspecified atom stereocenters. The summed E-state index contributed by atoms with van der Waals surface area (Å²) in [6, 6.07) is 15.7. The lowest BCUT2D eigenvalue weighted by atomic mass is 9.99. The molecular weight excluding hydrogens is 300 g/mol. The fourth-order valence-electron chi connectivity index (χ4n) is 2.21. The molecule has 2 aromatic carbocycles. The summed E-state index contributed by atoms with van der Waals surface area (Å²) in [5.74, 6) is 0.920. The van der Waals surface area contributed by atoms with Gasteiger partial charge < -0.3 is 4.74 Å². The van der Waals surface area contributed by atoms with Crippen LogP contribution in [0.15, 0.2) is 53.6 Å². The molecule has 2 aromatic rings. The number of hydrogen-bond acceptors (Lipinski definition) is 3. The van der Waals surface area contributed by atoms with Crippen molar-refractivity contribution in [2.45, 2.75) is 33.1 Å². The molecule has 0 radical (unpaired) electrons. The highest BCUT2D eigenvalue weighted by Crippen LogP contribution is 2.21. The van der Waals surface area contributed by atoms with Crippen molar-refractivity contribution in [3.05, 3.63) is 65.2 Å². The third-order valence-electron chi connectivity index (χ3n) is 4.01. The summed E-state index contributed by atoms with van der Waals surface area (Å²) in [4.78, 5) is 11.8. The molecule has 24 heavy (non-hydrogen) atoms. The van der Waals surface area contributed by atoms with E-state index in [4.69, 9.17) is 4.74 Å². The molecular formula is C20H24N2O2. The Morgan fingerprint density at radius 1 is 1.21 bits per heavy atom. The maximum atomic E-state index is 11.8. The maximum absolute atomic E-state index is 11.8. The quantitative estimate of drug-likeness (QED) is 0.617. The molecule has 0 saturated heterocycles. The smallest absolute Gasteiger partial charge is 0.277 e. The minimum absolute atomic E-state index is 0.0617. The molecule has 1 atom stereocenters. The fraction of sp³-hybridized carbons (Fsp3) is 0.300. The molecule has 0 spiro atoms. The second-order valence-corrected chi connectivity index (χ2v) is 5.82. The Hall–Kier alpha value is -2.62. The van der Waals surface area contributed by atoms with Crippen LogP contribution in [0.25, 0.3) is 0 Å². The largest absolute Gasteiger partial charge is 0.484 e. The predicted octanol–water partition coefficient (Wildman–Crippen LogP) is 4.04. The Kier molecular flexibility index (Phi) is 6.55. The Labute approximate surface area is 143 Å². The summed E-state index contributed by atoms with van der Waals surface area (Å²) in [6.07, 6.45) is 2.73. The Balaban J connectivity index is 1.80. The normalized spacial score (nSPS) is 12.1. The van der Waals surface area contributed by atoms with Gasteiger partial charge in [0, 0.05) is 0 Å². The summed E-state index contributed by atoms with van der Waals surface area (Å²) in [7, 11) is 0. The van der Waals surface area contributed by atoms with Gasteiger partial charge in [-0.3, -0.25) is 4.79 Å². The number of amides is 1. The van der Waals surface area contributed by atoms with Crippen LogP contribution in [0.1, 0.15) is 42.9 Å². The fourth-order valence-corrected chi connectivity index (χ4v) is 2.21. The Morgan fingerprint density at radius 3 is 2.58 bits per heavy atom. The highest BCUT2D eigenvalue weighted by atomic mass is 16.5. The van der Waals surface area contributed by atoms with Gasteiger partial charge in [-0.05, 0) is 48.1 Å². The van der Waals surface area contributed by atoms with Crippen molar-refractivity contribution in [2.24, 2.45) is 5.10 Å². The van der Waals surface area contributed by atoms with E-state index in [1.54, 1.807) is 6.21 Å². The van der Waals surface area contributed by atoms with Gasteiger partial charge in [0.25, 0.3) is 5.91 Å². The van der Waals surface area contributed by atoms with Gasteiger partial charge in [0.1, 0.15) is 5.75 Å². The second kappa shape index (κ2) is 8.87. The molecule has 0 saturated carbocycles. The summed E-state index contributed by atoms with van der Waals surface area (Å²) >= 11 is 0. The zero-order chi connectivity index (χ0) is 17.4. The van der Waals surface area contributed by atoms with Gasteiger partial charge in [-0.15, -0.1) is 0 Å². The molecule has 4 nitrogen and oxygen atoms in total. The van der Waals surface area contributed by atoms with Gasteiger partial charge >= 0.3 is 0 Å². The minimum Gasteiger partial charge on any atom is -0.484 e. The average Bonchev–Trinajstić information content (AvgIpc) is 2.61. The van der Waals surface area contributed by atoms with Crippen molar-refractivity contribution < 1.29 is 9.53 Å². The lowest BCUT2D eigenvalue weighted by molar-refractivity contribution is -0.123. The number of aryl methyl sites for hydroxylation is 1. The monoisotopic (exact) mass is 324 g/mol. The highest BCUT2D eigenvalue weighted by Gasteiger charge is 2.04. The minimum atomic E-state index is -0.286. The third-order valence-corrected chi connectivity index (χ3v) is 4.01. The lowest BCUT2D eigenvalue weighted by Gasteiger charge is -2.10. The van der Waals surface area contributed by atoms with Gasteiger partial charge in [0.05, 0.1) is 6.21 Å². The van der Waals surface area contributed by atoms with E-state index in [1.165, 1.54) is 5.56 Å². The molecule has 1 amide bonds. The van der Waals surface area contributed by atoms with Crippen LogP contribution >= 0.6 is 0 Å². The molecule has 2 rings (SSSR count). The first kappa shape index (κ1) is 17.7. The predicted molar refractivity (Wildman–Crippen MR) is 97.6 cm³/mol. The zero-order valence-corrected chi connectivity index (χ0v) is 14.5. The maximum Gasteiger partial charge on any atom is 0.277 e. The molecule has 0 aliphatic rings. The van der Waals surface area contributed by atoms with Crippen LogP contribution in [-0.2, 0) is 4.79 Å². The van der Waals surface area contributed by atoms with Crippen LogP contribution in [0.5, 0.6) is 5.75 Å². The lowest BCUT2D eigenvalue weighted by Crippen LogP contribution is -2.24. The molecule has 0 aliphatic heterocycles.